The lowest BCUT2D eigenvalue weighted by Gasteiger charge is -2.28. The molecule has 0 saturated carbocycles. The third-order valence-electron chi connectivity index (χ3n) is 8.05. The largest absolute Gasteiger partial charge is 0.481 e. The van der Waals surface area contributed by atoms with Gasteiger partial charge in [-0.05, 0) is 37.3 Å². The number of aliphatic carboxylic acids is 2. The maximum absolute atomic E-state index is 13.8. The van der Waals surface area contributed by atoms with E-state index in [1.165, 1.54) is 13.8 Å². The van der Waals surface area contributed by atoms with Crippen molar-refractivity contribution in [2.45, 2.75) is 102 Å². The van der Waals surface area contributed by atoms with E-state index < -0.39 is 96.4 Å². The van der Waals surface area contributed by atoms with Crippen molar-refractivity contribution >= 4 is 41.5 Å². The van der Waals surface area contributed by atoms with Gasteiger partial charge < -0.3 is 52.7 Å². The quantitative estimate of drug-likeness (QED) is 0.0706. The lowest BCUT2D eigenvalue weighted by atomic mass is 10.0. The van der Waals surface area contributed by atoms with Crippen LogP contribution in [-0.4, -0.2) is 110 Å². The Morgan fingerprint density at radius 2 is 0.981 bits per heavy atom. The second-order valence-corrected chi connectivity index (χ2v) is 13.2. The van der Waals surface area contributed by atoms with Crippen LogP contribution in [0.25, 0.3) is 0 Å². The standard InChI is InChI=1S/C36H50N6O11/c1-19(2)15-27(36(52)53)41-31(47)24(16-22-11-7-5-8-12-22)40-35(51)30(21(4)44)42-33(49)25(17-23-13-9-6-10-14-23)38-32(48)26(18-28(45)46)39-34(50)29(37)20(3)43/h5-14,19-21,24-27,29-30,43-44H,15-18,37H2,1-4H3,(H,38,48)(H,39,50)(H,40,51)(H,41,47)(H,42,49)(H,45,46)(H,52,53)/t20-,21-,24+,25+,26+,27+,29+,30+/m1/s1. The van der Waals surface area contributed by atoms with Crippen LogP contribution in [0.3, 0.4) is 0 Å². The van der Waals surface area contributed by atoms with Gasteiger partial charge in [0.15, 0.2) is 0 Å². The summed E-state index contributed by atoms with van der Waals surface area (Å²) in [6.45, 7) is 5.99. The van der Waals surface area contributed by atoms with Gasteiger partial charge in [0.05, 0.1) is 18.6 Å². The highest BCUT2D eigenvalue weighted by Crippen LogP contribution is 2.10. The maximum Gasteiger partial charge on any atom is 0.326 e. The predicted octanol–water partition coefficient (Wildman–Crippen LogP) is -1.41. The van der Waals surface area contributed by atoms with Crippen LogP contribution in [0.2, 0.25) is 0 Å². The third-order valence-corrected chi connectivity index (χ3v) is 8.05. The number of hydrogen-bond acceptors (Lipinski definition) is 10. The normalized spacial score (nSPS) is 15.6. The molecule has 0 saturated heterocycles. The average Bonchev–Trinajstić information content (AvgIpc) is 3.08. The number of carboxylic acid groups (broad SMARTS) is 2. The summed E-state index contributed by atoms with van der Waals surface area (Å²) in [5.74, 6) is -7.76. The number of carbonyl (C=O) groups is 7. The van der Waals surface area contributed by atoms with Gasteiger partial charge in [0.25, 0.3) is 0 Å². The molecule has 53 heavy (non-hydrogen) atoms. The Balaban J connectivity index is 2.38. The topological polar surface area (TPSA) is 287 Å². The number of carboxylic acids is 2. The average molecular weight is 743 g/mol. The summed E-state index contributed by atoms with van der Waals surface area (Å²) in [6, 6.07) is 7.84. The summed E-state index contributed by atoms with van der Waals surface area (Å²) in [7, 11) is 0. The fourth-order valence-corrected chi connectivity index (χ4v) is 5.15. The van der Waals surface area contributed by atoms with Crippen LogP contribution < -0.4 is 32.3 Å². The van der Waals surface area contributed by atoms with Crippen molar-refractivity contribution in [3.8, 4) is 0 Å². The molecular weight excluding hydrogens is 692 g/mol. The van der Waals surface area contributed by atoms with Gasteiger partial charge in [0, 0.05) is 12.8 Å². The molecule has 17 nitrogen and oxygen atoms in total. The number of aliphatic hydroxyl groups excluding tert-OH is 2. The fraction of sp³-hybridized carbons (Fsp3) is 0.472. The molecule has 0 aliphatic rings. The molecule has 0 bridgehead atoms. The molecule has 2 rings (SSSR count). The zero-order chi connectivity index (χ0) is 39.8. The van der Waals surface area contributed by atoms with Crippen molar-refractivity contribution in [2.24, 2.45) is 11.7 Å². The molecule has 17 heteroatoms. The molecule has 0 aliphatic heterocycles. The van der Waals surface area contributed by atoms with E-state index in [4.69, 9.17) is 5.73 Å². The lowest BCUT2D eigenvalue weighted by molar-refractivity contribution is -0.143. The van der Waals surface area contributed by atoms with E-state index in [-0.39, 0.29) is 25.2 Å². The van der Waals surface area contributed by atoms with Gasteiger partial charge in [-0.15, -0.1) is 0 Å². The first-order chi connectivity index (χ1) is 24.9. The maximum atomic E-state index is 13.8. The molecule has 0 aliphatic carbocycles. The van der Waals surface area contributed by atoms with E-state index >= 15 is 0 Å². The number of nitrogens with one attached hydrogen (secondary N) is 5. The summed E-state index contributed by atoms with van der Waals surface area (Å²) in [5.41, 5.74) is 6.79. The van der Waals surface area contributed by atoms with Crippen LogP contribution in [0.15, 0.2) is 60.7 Å². The summed E-state index contributed by atoms with van der Waals surface area (Å²) in [4.78, 5) is 90.2. The van der Waals surface area contributed by atoms with Gasteiger partial charge in [-0.25, -0.2) is 4.79 Å². The Hall–Kier alpha value is -5.39. The van der Waals surface area contributed by atoms with Crippen molar-refractivity contribution in [1.29, 1.82) is 0 Å². The number of aliphatic hydroxyl groups is 2. The van der Waals surface area contributed by atoms with E-state index in [0.29, 0.717) is 11.1 Å². The molecule has 0 aromatic heterocycles. The first kappa shape index (κ1) is 43.8. The molecule has 2 aromatic carbocycles. The van der Waals surface area contributed by atoms with Gasteiger partial charge in [0.1, 0.15) is 36.3 Å². The molecule has 0 spiro atoms. The van der Waals surface area contributed by atoms with Gasteiger partial charge in [-0.1, -0.05) is 74.5 Å². The van der Waals surface area contributed by atoms with E-state index in [2.05, 4.69) is 26.6 Å². The Bertz CT molecular complexity index is 1560. The zero-order valence-corrected chi connectivity index (χ0v) is 30.0. The van der Waals surface area contributed by atoms with Crippen LogP contribution >= 0.6 is 0 Å². The number of amides is 5. The second-order valence-electron chi connectivity index (χ2n) is 13.2. The molecule has 5 amide bonds. The molecule has 11 N–H and O–H groups in total. The Morgan fingerprint density at radius 1 is 0.566 bits per heavy atom. The van der Waals surface area contributed by atoms with Crippen molar-refractivity contribution < 1.29 is 54.0 Å². The zero-order valence-electron chi connectivity index (χ0n) is 30.0. The molecule has 0 radical (unpaired) electrons. The van der Waals surface area contributed by atoms with Crippen LogP contribution in [0.1, 0.15) is 51.7 Å². The first-order valence-electron chi connectivity index (χ1n) is 17.1. The molecule has 0 unspecified atom stereocenters. The summed E-state index contributed by atoms with van der Waals surface area (Å²) >= 11 is 0. The second kappa shape index (κ2) is 21.2. The molecule has 0 heterocycles. The predicted molar refractivity (Wildman–Crippen MR) is 191 cm³/mol. The lowest BCUT2D eigenvalue weighted by Crippen LogP contribution is -2.62. The van der Waals surface area contributed by atoms with E-state index in [0.717, 1.165) is 0 Å². The van der Waals surface area contributed by atoms with Crippen LogP contribution in [0.5, 0.6) is 0 Å². The van der Waals surface area contributed by atoms with Crippen molar-refractivity contribution in [3.05, 3.63) is 71.8 Å². The summed E-state index contributed by atoms with van der Waals surface area (Å²) in [5, 5.41) is 51.3. The van der Waals surface area contributed by atoms with Crippen molar-refractivity contribution in [2.75, 3.05) is 0 Å². The number of hydrogen-bond donors (Lipinski definition) is 10. The summed E-state index contributed by atoms with van der Waals surface area (Å²) < 4.78 is 0. The number of benzene rings is 2. The van der Waals surface area contributed by atoms with Crippen LogP contribution in [0, 0.1) is 5.92 Å². The van der Waals surface area contributed by atoms with E-state index in [1.54, 1.807) is 74.5 Å². The highest BCUT2D eigenvalue weighted by molar-refractivity contribution is 5.97. The summed E-state index contributed by atoms with van der Waals surface area (Å²) in [6.07, 6.45) is -3.94. The third kappa shape index (κ3) is 15.0. The molecular formula is C36H50N6O11. The minimum absolute atomic E-state index is 0.0744. The van der Waals surface area contributed by atoms with Gasteiger partial charge >= 0.3 is 11.9 Å². The van der Waals surface area contributed by atoms with Crippen molar-refractivity contribution in [1.82, 2.24) is 26.6 Å². The Labute approximate surface area is 307 Å². The van der Waals surface area contributed by atoms with Gasteiger partial charge in [0.2, 0.25) is 29.5 Å². The van der Waals surface area contributed by atoms with Crippen LogP contribution in [0.4, 0.5) is 0 Å². The molecule has 290 valence electrons. The Kier molecular flexibility index (Phi) is 17.5. The van der Waals surface area contributed by atoms with E-state index in [9.17, 15) is 54.0 Å². The highest BCUT2D eigenvalue weighted by Gasteiger charge is 2.35. The number of rotatable bonds is 21. The minimum atomic E-state index is -1.73. The monoisotopic (exact) mass is 742 g/mol. The highest BCUT2D eigenvalue weighted by atomic mass is 16.4. The minimum Gasteiger partial charge on any atom is -0.481 e. The molecule has 0 fully saturated rings. The van der Waals surface area contributed by atoms with Crippen LogP contribution in [-0.2, 0) is 46.4 Å². The molecule has 8 atom stereocenters. The number of nitrogens with two attached hydrogens (primary N) is 1. The van der Waals surface area contributed by atoms with Crippen molar-refractivity contribution in [3.63, 3.8) is 0 Å². The fourth-order valence-electron chi connectivity index (χ4n) is 5.15. The van der Waals surface area contributed by atoms with Gasteiger partial charge in [-0.3, -0.25) is 28.8 Å². The SMILES string of the molecule is CC(C)C[C@H](NC(=O)[C@H](Cc1ccccc1)NC(=O)[C@@H](NC(=O)[C@H](Cc1ccccc1)NC(=O)[C@H](CC(=O)O)NC(=O)[C@@H](N)[C@@H](C)O)[C@@H](C)O)C(=O)O. The Morgan fingerprint density at radius 3 is 1.40 bits per heavy atom. The van der Waals surface area contributed by atoms with Gasteiger partial charge in [-0.2, -0.15) is 0 Å². The number of carbonyl (C=O) groups excluding carboxylic acids is 5. The van der Waals surface area contributed by atoms with E-state index in [1.807, 2.05) is 0 Å². The molecule has 2 aromatic rings. The first-order valence-corrected chi connectivity index (χ1v) is 17.1. The smallest absolute Gasteiger partial charge is 0.326 e.